The maximum Gasteiger partial charge on any atom is 0.243 e. The van der Waals surface area contributed by atoms with Crippen LogP contribution in [0.25, 0.3) is 10.2 Å². The number of carbonyl (C=O) groups excluding carboxylic acids is 1. The van der Waals surface area contributed by atoms with Crippen LogP contribution < -0.4 is 10.2 Å². The second-order valence-corrected chi connectivity index (χ2v) is 6.25. The van der Waals surface area contributed by atoms with Crippen LogP contribution >= 0.6 is 11.3 Å². The Morgan fingerprint density at radius 1 is 1.23 bits per heavy atom. The lowest BCUT2D eigenvalue weighted by Gasteiger charge is -2.15. The molecule has 0 atom stereocenters. The van der Waals surface area contributed by atoms with Gasteiger partial charge in [0, 0.05) is 12.7 Å². The minimum absolute atomic E-state index is 0.0487. The summed E-state index contributed by atoms with van der Waals surface area (Å²) in [5.74, 6) is -0.0487. The first-order valence-electron chi connectivity index (χ1n) is 7.05. The third-order valence-electron chi connectivity index (χ3n) is 3.29. The van der Waals surface area contributed by atoms with Crippen LogP contribution in [-0.2, 0) is 4.79 Å². The molecule has 0 saturated carbocycles. The molecule has 1 aromatic heterocycles. The number of hydrogen-bond acceptors (Lipinski definition) is 4. The molecule has 3 aromatic rings. The molecule has 5 heteroatoms. The highest BCUT2D eigenvalue weighted by atomic mass is 32.1. The summed E-state index contributed by atoms with van der Waals surface area (Å²) in [6, 6.07) is 15.8. The minimum Gasteiger partial charge on any atom is -0.342 e. The van der Waals surface area contributed by atoms with Gasteiger partial charge in [-0.15, -0.1) is 0 Å². The monoisotopic (exact) mass is 311 g/mol. The fraction of sp³-hybridized carbons (Fsp3) is 0.176. The second-order valence-electron chi connectivity index (χ2n) is 5.24. The molecule has 0 aliphatic carbocycles. The molecule has 1 heterocycles. The molecule has 0 radical (unpaired) electrons. The van der Waals surface area contributed by atoms with E-state index in [0.29, 0.717) is 0 Å². The van der Waals surface area contributed by atoms with Crippen LogP contribution in [-0.4, -0.2) is 24.5 Å². The van der Waals surface area contributed by atoms with E-state index in [1.54, 1.807) is 11.3 Å². The molecule has 1 N–H and O–H groups in total. The zero-order valence-electron chi connectivity index (χ0n) is 12.5. The van der Waals surface area contributed by atoms with Gasteiger partial charge in [-0.05, 0) is 36.8 Å². The van der Waals surface area contributed by atoms with Crippen LogP contribution in [0.2, 0.25) is 0 Å². The number of nitrogens with zero attached hydrogens (tertiary/aromatic N) is 2. The molecule has 3 rings (SSSR count). The number of para-hydroxylation sites is 1. The van der Waals surface area contributed by atoms with Crippen molar-refractivity contribution in [1.29, 1.82) is 0 Å². The van der Waals surface area contributed by atoms with E-state index >= 15 is 0 Å². The fourth-order valence-electron chi connectivity index (χ4n) is 2.23. The van der Waals surface area contributed by atoms with Crippen LogP contribution in [0.1, 0.15) is 5.56 Å². The zero-order chi connectivity index (χ0) is 15.5. The first-order valence-corrected chi connectivity index (χ1v) is 7.87. The molecule has 0 fully saturated rings. The van der Waals surface area contributed by atoms with Crippen LogP contribution in [0.15, 0.2) is 48.5 Å². The Hall–Kier alpha value is -2.40. The first kappa shape index (κ1) is 14.5. The molecule has 0 spiro atoms. The summed E-state index contributed by atoms with van der Waals surface area (Å²) in [7, 11) is 1.88. The van der Waals surface area contributed by atoms with Crippen molar-refractivity contribution >= 4 is 38.3 Å². The number of likely N-dealkylation sites (N-methyl/N-ethyl adjacent to an activating group) is 1. The molecular formula is C17H17N3OS. The molecule has 4 nitrogen and oxygen atoms in total. The average Bonchev–Trinajstić information content (AvgIpc) is 2.91. The summed E-state index contributed by atoms with van der Waals surface area (Å²) >= 11 is 1.59. The minimum atomic E-state index is -0.0487. The maximum atomic E-state index is 12.1. The number of aromatic nitrogens is 1. The van der Waals surface area contributed by atoms with Crippen LogP contribution in [0.3, 0.4) is 0 Å². The van der Waals surface area contributed by atoms with E-state index < -0.39 is 0 Å². The van der Waals surface area contributed by atoms with Gasteiger partial charge >= 0.3 is 0 Å². The fourth-order valence-corrected chi connectivity index (χ4v) is 3.16. The van der Waals surface area contributed by atoms with Crippen molar-refractivity contribution in [2.75, 3.05) is 23.8 Å². The number of thiazole rings is 1. The smallest absolute Gasteiger partial charge is 0.243 e. The molecule has 0 aliphatic heterocycles. The predicted molar refractivity (Wildman–Crippen MR) is 92.7 cm³/mol. The summed E-state index contributed by atoms with van der Waals surface area (Å²) in [5, 5.41) is 3.76. The largest absolute Gasteiger partial charge is 0.342 e. The Morgan fingerprint density at radius 2 is 2.05 bits per heavy atom. The van der Waals surface area contributed by atoms with Crippen molar-refractivity contribution in [1.82, 2.24) is 4.98 Å². The first-order chi connectivity index (χ1) is 10.6. The number of benzene rings is 2. The Morgan fingerprint density at radius 3 is 2.82 bits per heavy atom. The zero-order valence-corrected chi connectivity index (χ0v) is 13.4. The van der Waals surface area contributed by atoms with Crippen molar-refractivity contribution in [2.45, 2.75) is 6.92 Å². The van der Waals surface area contributed by atoms with Crippen molar-refractivity contribution in [3.05, 3.63) is 54.1 Å². The van der Waals surface area contributed by atoms with E-state index in [9.17, 15) is 4.79 Å². The summed E-state index contributed by atoms with van der Waals surface area (Å²) in [6.45, 7) is 2.27. The van der Waals surface area contributed by atoms with Crippen LogP contribution in [0.5, 0.6) is 0 Å². The molecule has 1 amide bonds. The van der Waals surface area contributed by atoms with Crippen molar-refractivity contribution in [3.63, 3.8) is 0 Å². The molecule has 0 aliphatic rings. The lowest BCUT2D eigenvalue weighted by Crippen LogP contribution is -2.29. The quantitative estimate of drug-likeness (QED) is 0.799. The third-order valence-corrected chi connectivity index (χ3v) is 4.44. The molecule has 0 saturated heterocycles. The third kappa shape index (κ3) is 3.26. The molecule has 112 valence electrons. The lowest BCUT2D eigenvalue weighted by molar-refractivity contribution is -0.114. The predicted octanol–water partition coefficient (Wildman–Crippen LogP) is 3.68. The summed E-state index contributed by atoms with van der Waals surface area (Å²) in [6.07, 6.45) is 0. The SMILES string of the molecule is Cc1cccc(NC(=O)CN(C)c2nc3ccccc3s2)c1. The van der Waals surface area contributed by atoms with Crippen LogP contribution in [0.4, 0.5) is 10.8 Å². The van der Waals surface area contributed by atoms with Gasteiger partial charge in [0.1, 0.15) is 0 Å². The van der Waals surface area contributed by atoms with E-state index in [-0.39, 0.29) is 12.5 Å². The topological polar surface area (TPSA) is 45.2 Å². The number of carbonyl (C=O) groups is 1. The summed E-state index contributed by atoms with van der Waals surface area (Å²) < 4.78 is 1.13. The number of aryl methyl sites for hydroxylation is 1. The van der Waals surface area contributed by atoms with Gasteiger partial charge in [0.15, 0.2) is 5.13 Å². The second kappa shape index (κ2) is 6.15. The molecule has 2 aromatic carbocycles. The van der Waals surface area contributed by atoms with E-state index in [1.807, 2.05) is 67.4 Å². The van der Waals surface area contributed by atoms with Gasteiger partial charge in [0.05, 0.1) is 16.8 Å². The van der Waals surface area contributed by atoms with Gasteiger partial charge in [-0.1, -0.05) is 35.6 Å². The van der Waals surface area contributed by atoms with Gasteiger partial charge in [0.2, 0.25) is 5.91 Å². The van der Waals surface area contributed by atoms with Crippen molar-refractivity contribution < 1.29 is 4.79 Å². The summed E-state index contributed by atoms with van der Waals surface area (Å²) in [5.41, 5.74) is 2.91. The van der Waals surface area contributed by atoms with Crippen molar-refractivity contribution in [3.8, 4) is 0 Å². The normalized spacial score (nSPS) is 10.6. The standard InChI is InChI=1S/C17H17N3OS/c1-12-6-5-7-13(10-12)18-16(21)11-20(2)17-19-14-8-3-4-9-15(14)22-17/h3-10H,11H2,1-2H3,(H,18,21). The van der Waals surface area contributed by atoms with Gasteiger partial charge in [-0.3, -0.25) is 4.79 Å². The Bertz CT molecular complexity index is 779. The van der Waals surface area contributed by atoms with Gasteiger partial charge in [-0.25, -0.2) is 4.98 Å². The molecule has 0 bridgehead atoms. The Labute approximate surface area is 133 Å². The molecular weight excluding hydrogens is 294 g/mol. The van der Waals surface area contributed by atoms with Gasteiger partial charge < -0.3 is 10.2 Å². The Kier molecular flexibility index (Phi) is 4.06. The highest BCUT2D eigenvalue weighted by Crippen LogP contribution is 2.27. The number of nitrogens with one attached hydrogen (secondary N) is 1. The van der Waals surface area contributed by atoms with E-state index in [0.717, 1.165) is 26.6 Å². The van der Waals surface area contributed by atoms with Crippen molar-refractivity contribution in [2.24, 2.45) is 0 Å². The number of hydrogen-bond donors (Lipinski definition) is 1. The van der Waals surface area contributed by atoms with Gasteiger partial charge in [0.25, 0.3) is 0 Å². The Balaban J connectivity index is 1.68. The number of anilines is 2. The average molecular weight is 311 g/mol. The van der Waals surface area contributed by atoms with E-state index in [2.05, 4.69) is 10.3 Å². The van der Waals surface area contributed by atoms with Gasteiger partial charge in [-0.2, -0.15) is 0 Å². The van der Waals surface area contributed by atoms with E-state index in [4.69, 9.17) is 0 Å². The number of rotatable bonds is 4. The summed E-state index contributed by atoms with van der Waals surface area (Å²) in [4.78, 5) is 18.6. The number of amides is 1. The highest BCUT2D eigenvalue weighted by Gasteiger charge is 2.12. The number of fused-ring (bicyclic) bond motifs is 1. The molecule has 22 heavy (non-hydrogen) atoms. The van der Waals surface area contributed by atoms with Crippen LogP contribution in [0, 0.1) is 6.92 Å². The lowest BCUT2D eigenvalue weighted by atomic mass is 10.2. The maximum absolute atomic E-state index is 12.1. The highest BCUT2D eigenvalue weighted by molar-refractivity contribution is 7.22. The van der Waals surface area contributed by atoms with E-state index in [1.165, 1.54) is 0 Å². The molecule has 0 unspecified atom stereocenters.